The number of sulfonamides is 1. The lowest BCUT2D eigenvalue weighted by atomic mass is 10.2. The predicted molar refractivity (Wildman–Crippen MR) is 130 cm³/mol. The number of thiazole rings is 1. The third-order valence-electron chi connectivity index (χ3n) is 4.29. The maximum atomic E-state index is 12.7. The summed E-state index contributed by atoms with van der Waals surface area (Å²) < 4.78 is 27.7. The van der Waals surface area contributed by atoms with Crippen LogP contribution in [0.1, 0.15) is 10.4 Å². The van der Waals surface area contributed by atoms with Gasteiger partial charge in [-0.15, -0.1) is 34.5 Å². The minimum absolute atomic E-state index is 0.0751. The van der Waals surface area contributed by atoms with Crippen molar-refractivity contribution in [1.82, 2.24) is 9.29 Å². The van der Waals surface area contributed by atoms with Crippen molar-refractivity contribution in [2.75, 3.05) is 30.2 Å². The minimum Gasteiger partial charge on any atom is -0.298 e. The minimum atomic E-state index is -3.74. The highest BCUT2D eigenvalue weighted by atomic mass is 79.9. The van der Waals surface area contributed by atoms with E-state index in [-0.39, 0.29) is 35.7 Å². The van der Waals surface area contributed by atoms with E-state index in [0.717, 1.165) is 15.7 Å². The van der Waals surface area contributed by atoms with Crippen molar-refractivity contribution in [1.29, 1.82) is 0 Å². The lowest BCUT2D eigenvalue weighted by Gasteiger charge is -2.20. The number of halogens is 3. The van der Waals surface area contributed by atoms with E-state index < -0.39 is 10.0 Å². The number of nitrogens with zero attached hydrogens (tertiary/aromatic N) is 2. The fourth-order valence-electron chi connectivity index (χ4n) is 2.72. The quantitative estimate of drug-likeness (QED) is 0.359. The highest BCUT2D eigenvalue weighted by molar-refractivity contribution is 9.10. The van der Waals surface area contributed by atoms with Gasteiger partial charge in [0, 0.05) is 45.8 Å². The Balaban J connectivity index is 1.71. The first-order chi connectivity index (χ1) is 14.8. The molecule has 6 nitrogen and oxygen atoms in total. The monoisotopic (exact) mass is 561 g/mol. The number of rotatable bonds is 9. The summed E-state index contributed by atoms with van der Waals surface area (Å²) in [5.41, 5.74) is 2.02. The zero-order valence-electron chi connectivity index (χ0n) is 16.1. The molecule has 0 aliphatic heterocycles. The lowest BCUT2D eigenvalue weighted by molar-refractivity contribution is 0.102. The van der Waals surface area contributed by atoms with Crippen LogP contribution in [-0.4, -0.2) is 48.5 Å². The van der Waals surface area contributed by atoms with Crippen LogP contribution in [0.3, 0.4) is 0 Å². The van der Waals surface area contributed by atoms with Gasteiger partial charge in [-0.2, -0.15) is 4.31 Å². The molecule has 0 aliphatic carbocycles. The van der Waals surface area contributed by atoms with Gasteiger partial charge in [0.2, 0.25) is 10.0 Å². The Morgan fingerprint density at radius 1 is 1.03 bits per heavy atom. The molecular formula is C20H18BrCl2N3O3S2. The molecule has 0 saturated carbocycles. The number of anilines is 1. The molecule has 0 unspecified atom stereocenters. The summed E-state index contributed by atoms with van der Waals surface area (Å²) in [6.07, 6.45) is 0. The Morgan fingerprint density at radius 3 is 2.23 bits per heavy atom. The van der Waals surface area contributed by atoms with E-state index in [0.29, 0.717) is 10.7 Å². The molecule has 3 rings (SSSR count). The summed E-state index contributed by atoms with van der Waals surface area (Å²) in [6.45, 7) is 0.313. The van der Waals surface area contributed by atoms with Gasteiger partial charge in [-0.1, -0.05) is 28.1 Å². The number of carbonyl (C=O) groups excluding carboxylic acids is 1. The Bertz CT molecular complexity index is 1130. The molecule has 164 valence electrons. The zero-order valence-corrected chi connectivity index (χ0v) is 20.8. The molecule has 0 fully saturated rings. The van der Waals surface area contributed by atoms with Gasteiger partial charge in [-0.3, -0.25) is 10.1 Å². The van der Waals surface area contributed by atoms with Crippen LogP contribution in [0.15, 0.2) is 63.3 Å². The van der Waals surface area contributed by atoms with E-state index in [9.17, 15) is 13.2 Å². The standard InChI is InChI=1S/C20H18BrCl2N3O3S2/c21-16-5-1-14(2-6-16)18-13-30-20(24-18)25-19(27)15-3-7-17(8-4-15)31(28,29)26(11-9-22)12-10-23/h1-8,13H,9-12H2,(H,24,25,27). The van der Waals surface area contributed by atoms with Crippen LogP contribution in [0, 0.1) is 0 Å². The molecule has 0 bridgehead atoms. The fraction of sp³-hybridized carbons (Fsp3) is 0.200. The molecule has 0 spiro atoms. The molecule has 0 radical (unpaired) electrons. The van der Waals surface area contributed by atoms with Crippen LogP contribution in [-0.2, 0) is 10.0 Å². The molecular weight excluding hydrogens is 545 g/mol. The summed E-state index contributed by atoms with van der Waals surface area (Å²) in [5, 5.41) is 5.06. The van der Waals surface area contributed by atoms with E-state index >= 15 is 0 Å². The molecule has 11 heteroatoms. The number of alkyl halides is 2. The highest BCUT2D eigenvalue weighted by Crippen LogP contribution is 2.26. The number of nitrogens with one attached hydrogen (secondary N) is 1. The Labute approximate surface area is 203 Å². The molecule has 0 atom stereocenters. The highest BCUT2D eigenvalue weighted by Gasteiger charge is 2.23. The van der Waals surface area contributed by atoms with Gasteiger partial charge in [-0.25, -0.2) is 13.4 Å². The van der Waals surface area contributed by atoms with Gasteiger partial charge in [0.25, 0.3) is 5.91 Å². The molecule has 1 heterocycles. The molecule has 1 amide bonds. The Morgan fingerprint density at radius 2 is 1.65 bits per heavy atom. The number of hydrogen-bond donors (Lipinski definition) is 1. The van der Waals surface area contributed by atoms with E-state index in [1.165, 1.54) is 39.9 Å². The number of hydrogen-bond acceptors (Lipinski definition) is 5. The largest absolute Gasteiger partial charge is 0.298 e. The first kappa shape index (κ1) is 24.2. The maximum absolute atomic E-state index is 12.7. The third-order valence-corrected chi connectivity index (χ3v) is 7.82. The van der Waals surface area contributed by atoms with Crippen molar-refractivity contribution in [2.24, 2.45) is 0 Å². The molecule has 0 saturated heterocycles. The molecule has 0 aliphatic rings. The van der Waals surface area contributed by atoms with Crippen LogP contribution in [0.2, 0.25) is 0 Å². The van der Waals surface area contributed by atoms with E-state index in [1.54, 1.807) is 0 Å². The smallest absolute Gasteiger partial charge is 0.257 e. The van der Waals surface area contributed by atoms with Gasteiger partial charge >= 0.3 is 0 Å². The van der Waals surface area contributed by atoms with E-state index in [4.69, 9.17) is 23.2 Å². The molecule has 31 heavy (non-hydrogen) atoms. The summed E-state index contributed by atoms with van der Waals surface area (Å²) >= 11 is 16.1. The Kier molecular flexibility index (Phi) is 8.49. The zero-order chi connectivity index (χ0) is 22.4. The van der Waals surface area contributed by atoms with Crippen molar-refractivity contribution < 1.29 is 13.2 Å². The molecule has 1 N–H and O–H groups in total. The first-order valence-electron chi connectivity index (χ1n) is 9.10. The topological polar surface area (TPSA) is 79.4 Å². The normalized spacial score (nSPS) is 11.6. The average molecular weight is 563 g/mol. The second-order valence-electron chi connectivity index (χ2n) is 6.31. The summed E-state index contributed by atoms with van der Waals surface area (Å²) in [4.78, 5) is 17.1. The van der Waals surface area contributed by atoms with Crippen LogP contribution in [0.25, 0.3) is 11.3 Å². The second-order valence-corrected chi connectivity index (χ2v) is 10.8. The summed E-state index contributed by atoms with van der Waals surface area (Å²) in [6, 6.07) is 13.4. The Hall–Kier alpha value is -1.49. The SMILES string of the molecule is O=C(Nc1nc(-c2ccc(Br)cc2)cs1)c1ccc(S(=O)(=O)N(CCCl)CCCl)cc1. The van der Waals surface area contributed by atoms with Crippen molar-refractivity contribution in [3.8, 4) is 11.3 Å². The number of aromatic nitrogens is 1. The first-order valence-corrected chi connectivity index (χ1v) is 13.3. The van der Waals surface area contributed by atoms with Gasteiger partial charge in [0.05, 0.1) is 10.6 Å². The molecule has 2 aromatic carbocycles. The summed E-state index contributed by atoms with van der Waals surface area (Å²) in [7, 11) is -3.74. The van der Waals surface area contributed by atoms with Crippen molar-refractivity contribution in [3.63, 3.8) is 0 Å². The van der Waals surface area contributed by atoms with Gasteiger partial charge in [0.1, 0.15) is 0 Å². The number of amides is 1. The second kappa shape index (κ2) is 10.9. The van der Waals surface area contributed by atoms with Gasteiger partial charge in [0.15, 0.2) is 5.13 Å². The van der Waals surface area contributed by atoms with Crippen LogP contribution >= 0.6 is 50.5 Å². The van der Waals surface area contributed by atoms with Crippen LogP contribution in [0.4, 0.5) is 5.13 Å². The maximum Gasteiger partial charge on any atom is 0.257 e. The van der Waals surface area contributed by atoms with Crippen LogP contribution in [0.5, 0.6) is 0 Å². The lowest BCUT2D eigenvalue weighted by Crippen LogP contribution is -2.34. The van der Waals surface area contributed by atoms with Crippen molar-refractivity contribution in [3.05, 3.63) is 63.9 Å². The fourth-order valence-corrected chi connectivity index (χ4v) is 5.75. The van der Waals surface area contributed by atoms with Crippen molar-refractivity contribution in [2.45, 2.75) is 4.90 Å². The van der Waals surface area contributed by atoms with Gasteiger partial charge in [-0.05, 0) is 36.4 Å². The average Bonchev–Trinajstić information content (AvgIpc) is 3.22. The van der Waals surface area contributed by atoms with Crippen LogP contribution < -0.4 is 5.32 Å². The predicted octanol–water partition coefficient (Wildman–Crippen LogP) is 5.29. The van der Waals surface area contributed by atoms with Gasteiger partial charge < -0.3 is 0 Å². The molecule has 3 aromatic rings. The van der Waals surface area contributed by atoms with E-state index in [2.05, 4.69) is 26.2 Å². The summed E-state index contributed by atoms with van der Waals surface area (Å²) in [5.74, 6) is -0.0571. The third kappa shape index (κ3) is 6.06. The van der Waals surface area contributed by atoms with Crippen molar-refractivity contribution >= 4 is 71.5 Å². The number of benzene rings is 2. The van der Waals surface area contributed by atoms with E-state index in [1.807, 2.05) is 29.6 Å². The molecule has 1 aromatic heterocycles. The number of carbonyl (C=O) groups is 1.